The first-order valence-corrected chi connectivity index (χ1v) is 8.41. The number of hydrogen-bond donors (Lipinski definition) is 2. The zero-order valence-corrected chi connectivity index (χ0v) is 15.7. The Balaban J connectivity index is 2.74. The van der Waals surface area contributed by atoms with Crippen molar-refractivity contribution < 1.29 is 19.4 Å². The van der Waals surface area contributed by atoms with Crippen LogP contribution in [0.5, 0.6) is 5.75 Å². The molecular weight excluding hydrogens is 306 g/mol. The minimum Gasteiger partial charge on any atom is -0.508 e. The quantitative estimate of drug-likeness (QED) is 0.794. The van der Waals surface area contributed by atoms with E-state index in [1.807, 2.05) is 32.9 Å². The Labute approximate surface area is 145 Å². The van der Waals surface area contributed by atoms with Crippen molar-refractivity contribution in [3.63, 3.8) is 0 Å². The van der Waals surface area contributed by atoms with E-state index in [0.717, 1.165) is 23.1 Å². The third kappa shape index (κ3) is 7.21. The van der Waals surface area contributed by atoms with E-state index < -0.39 is 11.7 Å². The van der Waals surface area contributed by atoms with Crippen molar-refractivity contribution in [2.45, 2.75) is 59.7 Å². The van der Waals surface area contributed by atoms with Crippen molar-refractivity contribution in [1.82, 2.24) is 5.32 Å². The van der Waals surface area contributed by atoms with Crippen molar-refractivity contribution in [2.75, 3.05) is 13.7 Å². The summed E-state index contributed by atoms with van der Waals surface area (Å²) in [5, 5.41) is 13.0. The van der Waals surface area contributed by atoms with Gasteiger partial charge in [0.2, 0.25) is 0 Å². The Kier molecular flexibility index (Phi) is 7.55. The summed E-state index contributed by atoms with van der Waals surface area (Å²) in [4.78, 5) is 11.7. The fraction of sp³-hybridized carbons (Fsp3) is 0.632. The van der Waals surface area contributed by atoms with Gasteiger partial charge in [-0.2, -0.15) is 0 Å². The number of methoxy groups -OCH3 is 1. The number of aromatic hydroxyl groups is 1. The molecule has 0 aliphatic rings. The highest BCUT2D eigenvalue weighted by atomic mass is 16.6. The van der Waals surface area contributed by atoms with Gasteiger partial charge < -0.3 is 19.9 Å². The SMILES string of the molecule is COCc1cc(CCNC(=O)OC(C)(C)C)c(O)cc1CC(C)C. The maximum atomic E-state index is 11.7. The van der Waals surface area contributed by atoms with Gasteiger partial charge in [-0.05, 0) is 68.4 Å². The number of hydrogen-bond acceptors (Lipinski definition) is 4. The lowest BCUT2D eigenvalue weighted by Gasteiger charge is -2.20. The molecule has 0 fully saturated rings. The third-order valence-corrected chi connectivity index (χ3v) is 3.39. The van der Waals surface area contributed by atoms with E-state index in [1.165, 1.54) is 0 Å². The summed E-state index contributed by atoms with van der Waals surface area (Å²) in [7, 11) is 1.66. The minimum absolute atomic E-state index is 0.261. The Morgan fingerprint density at radius 1 is 1.21 bits per heavy atom. The van der Waals surface area contributed by atoms with E-state index in [2.05, 4.69) is 19.2 Å². The standard InChI is InChI=1S/C19H31NO4/c1-13(2)9-15-11-17(21)14(10-16(15)12-23-6)7-8-20-18(22)24-19(3,4)5/h10-11,13,21H,7-9,12H2,1-6H3,(H,20,22). The molecule has 0 bridgehead atoms. The van der Waals surface area contributed by atoms with Crippen LogP contribution in [-0.4, -0.2) is 30.5 Å². The van der Waals surface area contributed by atoms with Crippen molar-refractivity contribution in [1.29, 1.82) is 0 Å². The molecule has 0 radical (unpaired) electrons. The van der Waals surface area contributed by atoms with Crippen molar-refractivity contribution in [3.8, 4) is 5.75 Å². The van der Waals surface area contributed by atoms with Crippen molar-refractivity contribution >= 4 is 6.09 Å². The number of benzene rings is 1. The predicted molar refractivity (Wildman–Crippen MR) is 95.3 cm³/mol. The molecule has 1 aromatic carbocycles. The molecule has 1 aromatic rings. The maximum absolute atomic E-state index is 11.7. The van der Waals surface area contributed by atoms with Crippen LogP contribution in [0.15, 0.2) is 12.1 Å². The van der Waals surface area contributed by atoms with E-state index >= 15 is 0 Å². The van der Waals surface area contributed by atoms with Crippen LogP contribution >= 0.6 is 0 Å². The molecule has 0 saturated heterocycles. The van der Waals surface area contributed by atoms with Gasteiger partial charge in [0.15, 0.2) is 0 Å². The number of ether oxygens (including phenoxy) is 2. The van der Waals surface area contributed by atoms with Crippen LogP contribution in [0.25, 0.3) is 0 Å². The van der Waals surface area contributed by atoms with Crippen LogP contribution in [0.2, 0.25) is 0 Å². The molecule has 1 amide bonds. The Morgan fingerprint density at radius 3 is 2.42 bits per heavy atom. The molecule has 0 aliphatic heterocycles. The predicted octanol–water partition coefficient (Wildman–Crippen LogP) is 3.80. The van der Waals surface area contributed by atoms with Gasteiger partial charge in [0, 0.05) is 13.7 Å². The number of phenolic OH excluding ortho intramolecular Hbond substituents is 1. The van der Waals surface area contributed by atoms with Crippen LogP contribution in [0, 0.1) is 5.92 Å². The van der Waals surface area contributed by atoms with Gasteiger partial charge >= 0.3 is 6.09 Å². The largest absolute Gasteiger partial charge is 0.508 e. The first-order chi connectivity index (χ1) is 11.1. The highest BCUT2D eigenvalue weighted by Gasteiger charge is 2.16. The molecule has 0 aliphatic carbocycles. The van der Waals surface area contributed by atoms with E-state index in [1.54, 1.807) is 7.11 Å². The highest BCUT2D eigenvalue weighted by Crippen LogP contribution is 2.25. The zero-order valence-electron chi connectivity index (χ0n) is 15.7. The van der Waals surface area contributed by atoms with E-state index in [4.69, 9.17) is 9.47 Å². The summed E-state index contributed by atoms with van der Waals surface area (Å²) in [5.41, 5.74) is 2.46. The fourth-order valence-corrected chi connectivity index (χ4v) is 2.46. The fourth-order valence-electron chi connectivity index (χ4n) is 2.46. The van der Waals surface area contributed by atoms with Crippen molar-refractivity contribution in [2.24, 2.45) is 5.92 Å². The summed E-state index contributed by atoms with van der Waals surface area (Å²) in [6.07, 6.45) is 0.974. The van der Waals surface area contributed by atoms with E-state index in [-0.39, 0.29) is 5.75 Å². The van der Waals surface area contributed by atoms with Gasteiger partial charge in [0.05, 0.1) is 6.61 Å². The number of phenols is 1. The summed E-state index contributed by atoms with van der Waals surface area (Å²) >= 11 is 0. The summed E-state index contributed by atoms with van der Waals surface area (Å²) < 4.78 is 10.5. The molecule has 2 N–H and O–H groups in total. The Bertz CT molecular complexity index is 547. The van der Waals surface area contributed by atoms with Gasteiger partial charge in [-0.15, -0.1) is 0 Å². The second-order valence-electron chi connectivity index (χ2n) is 7.46. The van der Waals surface area contributed by atoms with E-state index in [9.17, 15) is 9.90 Å². The smallest absolute Gasteiger partial charge is 0.407 e. The third-order valence-electron chi connectivity index (χ3n) is 3.39. The van der Waals surface area contributed by atoms with Gasteiger partial charge in [0.25, 0.3) is 0 Å². The van der Waals surface area contributed by atoms with Gasteiger partial charge in [0.1, 0.15) is 11.4 Å². The first-order valence-electron chi connectivity index (χ1n) is 8.41. The molecule has 5 nitrogen and oxygen atoms in total. The highest BCUT2D eigenvalue weighted by molar-refractivity contribution is 5.67. The number of nitrogens with one attached hydrogen (secondary N) is 1. The minimum atomic E-state index is -0.518. The van der Waals surface area contributed by atoms with E-state index in [0.29, 0.717) is 25.5 Å². The van der Waals surface area contributed by atoms with Crippen LogP contribution < -0.4 is 5.32 Å². The Hall–Kier alpha value is -1.75. The zero-order chi connectivity index (χ0) is 18.3. The second-order valence-corrected chi connectivity index (χ2v) is 7.46. The van der Waals surface area contributed by atoms with Crippen LogP contribution in [0.4, 0.5) is 4.79 Å². The molecule has 24 heavy (non-hydrogen) atoms. The monoisotopic (exact) mass is 337 g/mol. The summed E-state index contributed by atoms with van der Waals surface area (Å²) in [6.45, 7) is 10.7. The van der Waals surface area contributed by atoms with Crippen molar-refractivity contribution in [3.05, 3.63) is 28.8 Å². The van der Waals surface area contributed by atoms with Crippen LogP contribution in [-0.2, 0) is 28.9 Å². The lowest BCUT2D eigenvalue weighted by molar-refractivity contribution is 0.0528. The molecule has 0 saturated carbocycles. The molecule has 136 valence electrons. The molecular formula is C19H31NO4. The summed E-state index contributed by atoms with van der Waals surface area (Å²) in [6, 6.07) is 3.78. The van der Waals surface area contributed by atoms with Gasteiger partial charge in [-0.1, -0.05) is 13.8 Å². The lowest BCUT2D eigenvalue weighted by atomic mass is 9.95. The maximum Gasteiger partial charge on any atom is 0.407 e. The van der Waals surface area contributed by atoms with Crippen LogP contribution in [0.1, 0.15) is 51.3 Å². The number of alkyl carbamates (subject to hydrolysis) is 1. The summed E-state index contributed by atoms with van der Waals surface area (Å²) in [5.74, 6) is 0.760. The van der Waals surface area contributed by atoms with Crippen LogP contribution in [0.3, 0.4) is 0 Å². The number of carbonyl (C=O) groups excluding carboxylic acids is 1. The number of rotatable bonds is 7. The average Bonchev–Trinajstić information content (AvgIpc) is 2.41. The van der Waals surface area contributed by atoms with Gasteiger partial charge in [-0.25, -0.2) is 4.79 Å². The number of amides is 1. The molecule has 0 aromatic heterocycles. The molecule has 5 heteroatoms. The normalized spacial score (nSPS) is 11.6. The lowest BCUT2D eigenvalue weighted by Crippen LogP contribution is -2.33. The second kappa shape index (κ2) is 8.92. The Morgan fingerprint density at radius 2 is 1.88 bits per heavy atom. The molecule has 0 unspecified atom stereocenters. The molecule has 1 rings (SSSR count). The van der Waals surface area contributed by atoms with Gasteiger partial charge in [-0.3, -0.25) is 0 Å². The first kappa shape index (κ1) is 20.3. The topological polar surface area (TPSA) is 67.8 Å². The average molecular weight is 337 g/mol. The molecule has 0 heterocycles. The molecule has 0 spiro atoms. The number of carbonyl (C=O) groups is 1. The molecule has 0 atom stereocenters.